The van der Waals surface area contributed by atoms with E-state index in [9.17, 15) is 9.90 Å². The van der Waals surface area contributed by atoms with Crippen molar-refractivity contribution in [3.63, 3.8) is 0 Å². The molecular formula is C13H16ClNO3. The summed E-state index contributed by atoms with van der Waals surface area (Å²) in [5.74, 6) is -0.262. The Morgan fingerprint density at radius 1 is 1.44 bits per heavy atom. The molecule has 0 aliphatic carbocycles. The fourth-order valence-electron chi connectivity index (χ4n) is 2.11. The van der Waals surface area contributed by atoms with Crippen LogP contribution in [0.1, 0.15) is 23.2 Å². The minimum absolute atomic E-state index is 0.0774. The van der Waals surface area contributed by atoms with Crippen LogP contribution < -0.4 is 0 Å². The second kappa shape index (κ2) is 5.59. The number of rotatable bonds is 2. The van der Waals surface area contributed by atoms with Gasteiger partial charge in [-0.25, -0.2) is 0 Å². The van der Waals surface area contributed by atoms with Gasteiger partial charge in [0.05, 0.1) is 5.56 Å². The summed E-state index contributed by atoms with van der Waals surface area (Å²) in [5.41, 5.74) is 0.286. The van der Waals surface area contributed by atoms with Crippen LogP contribution in [0.5, 0.6) is 5.75 Å². The molecule has 0 radical (unpaired) electrons. The molecule has 1 heterocycles. The Bertz CT molecular complexity index is 444. The van der Waals surface area contributed by atoms with E-state index in [4.69, 9.17) is 16.3 Å². The molecule has 0 spiro atoms. The molecule has 0 unspecified atom stereocenters. The van der Waals surface area contributed by atoms with Crippen molar-refractivity contribution < 1.29 is 14.6 Å². The third kappa shape index (κ3) is 2.76. The second-order valence-electron chi connectivity index (χ2n) is 4.42. The van der Waals surface area contributed by atoms with E-state index in [0.29, 0.717) is 18.2 Å². The Morgan fingerprint density at radius 3 is 2.72 bits per heavy atom. The zero-order valence-electron chi connectivity index (χ0n) is 10.2. The van der Waals surface area contributed by atoms with Crippen LogP contribution in [0.3, 0.4) is 0 Å². The molecule has 4 nitrogen and oxygen atoms in total. The standard InChI is InChI=1S/C13H16ClNO3/c1-15(10-4-6-18-7-5-10)13(17)11-3-2-9(14)8-12(11)16/h2-3,8,10,16H,4-7H2,1H3. The Hall–Kier alpha value is -1.26. The minimum Gasteiger partial charge on any atom is -0.507 e. The Morgan fingerprint density at radius 2 is 2.11 bits per heavy atom. The van der Waals surface area contributed by atoms with Crippen LogP contribution in [0.25, 0.3) is 0 Å². The van der Waals surface area contributed by atoms with Crippen LogP contribution in [-0.4, -0.2) is 42.2 Å². The first kappa shape index (κ1) is 13.2. The lowest BCUT2D eigenvalue weighted by atomic mass is 10.1. The van der Waals surface area contributed by atoms with Crippen LogP contribution in [0.2, 0.25) is 5.02 Å². The van der Waals surface area contributed by atoms with Crippen LogP contribution in [-0.2, 0) is 4.74 Å². The van der Waals surface area contributed by atoms with E-state index < -0.39 is 0 Å². The van der Waals surface area contributed by atoms with E-state index >= 15 is 0 Å². The maximum atomic E-state index is 12.3. The molecule has 0 atom stereocenters. The zero-order chi connectivity index (χ0) is 13.1. The highest BCUT2D eigenvalue weighted by atomic mass is 35.5. The third-order valence-corrected chi connectivity index (χ3v) is 3.48. The van der Waals surface area contributed by atoms with Crippen LogP contribution in [0.15, 0.2) is 18.2 Å². The molecular weight excluding hydrogens is 254 g/mol. The first-order chi connectivity index (χ1) is 8.59. The fraction of sp³-hybridized carbons (Fsp3) is 0.462. The summed E-state index contributed by atoms with van der Waals surface area (Å²) in [5, 5.41) is 10.2. The number of carbonyl (C=O) groups excluding carboxylic acids is 1. The molecule has 1 aliphatic rings. The van der Waals surface area contributed by atoms with Crippen LogP contribution in [0.4, 0.5) is 0 Å². The number of carbonyl (C=O) groups is 1. The molecule has 0 aromatic heterocycles. The number of aromatic hydroxyl groups is 1. The number of phenolic OH excluding ortho intramolecular Hbond substituents is 1. The summed E-state index contributed by atoms with van der Waals surface area (Å²) in [6.07, 6.45) is 1.66. The molecule has 2 rings (SSSR count). The number of hydrogen-bond acceptors (Lipinski definition) is 3. The SMILES string of the molecule is CN(C(=O)c1ccc(Cl)cc1O)C1CCOCC1. The van der Waals surface area contributed by atoms with E-state index in [1.165, 1.54) is 6.07 Å². The number of benzene rings is 1. The minimum atomic E-state index is -0.184. The highest BCUT2D eigenvalue weighted by Crippen LogP contribution is 2.24. The van der Waals surface area contributed by atoms with E-state index in [0.717, 1.165) is 12.8 Å². The topological polar surface area (TPSA) is 49.8 Å². The molecule has 0 bridgehead atoms. The van der Waals surface area contributed by atoms with E-state index in [1.807, 2.05) is 0 Å². The predicted octanol–water partition coefficient (Wildman–Crippen LogP) is 2.30. The first-order valence-corrected chi connectivity index (χ1v) is 6.31. The fourth-order valence-corrected chi connectivity index (χ4v) is 2.28. The van der Waals surface area contributed by atoms with Gasteiger partial charge >= 0.3 is 0 Å². The molecule has 1 aliphatic heterocycles. The van der Waals surface area contributed by atoms with Gasteiger partial charge in [0.2, 0.25) is 0 Å². The summed E-state index contributed by atoms with van der Waals surface area (Å²) < 4.78 is 5.27. The van der Waals surface area contributed by atoms with E-state index in [1.54, 1.807) is 24.1 Å². The molecule has 1 fully saturated rings. The molecule has 0 saturated carbocycles. The Kier molecular flexibility index (Phi) is 4.09. The second-order valence-corrected chi connectivity index (χ2v) is 4.86. The number of amides is 1. The van der Waals surface area contributed by atoms with Crippen molar-refractivity contribution in [1.29, 1.82) is 0 Å². The van der Waals surface area contributed by atoms with Gasteiger partial charge in [-0.05, 0) is 31.0 Å². The number of ether oxygens (including phenoxy) is 1. The zero-order valence-corrected chi connectivity index (χ0v) is 11.0. The number of hydrogen-bond donors (Lipinski definition) is 1. The molecule has 98 valence electrons. The van der Waals surface area contributed by atoms with Crippen molar-refractivity contribution in [3.8, 4) is 5.75 Å². The van der Waals surface area contributed by atoms with Gasteiger partial charge in [0.1, 0.15) is 5.75 Å². The summed E-state index contributed by atoms with van der Waals surface area (Å²) in [6.45, 7) is 1.35. The van der Waals surface area contributed by atoms with Gasteiger partial charge in [0.15, 0.2) is 0 Å². The summed E-state index contributed by atoms with van der Waals surface area (Å²) in [4.78, 5) is 13.9. The quantitative estimate of drug-likeness (QED) is 0.896. The van der Waals surface area contributed by atoms with Crippen molar-refractivity contribution in [3.05, 3.63) is 28.8 Å². The molecule has 1 aromatic carbocycles. The summed E-state index contributed by atoms with van der Waals surface area (Å²) in [6, 6.07) is 4.70. The molecule has 1 saturated heterocycles. The first-order valence-electron chi connectivity index (χ1n) is 5.93. The molecule has 5 heteroatoms. The van der Waals surface area contributed by atoms with Gasteiger partial charge in [0.25, 0.3) is 5.91 Å². The van der Waals surface area contributed by atoms with Crippen LogP contribution >= 0.6 is 11.6 Å². The monoisotopic (exact) mass is 269 g/mol. The van der Waals surface area contributed by atoms with Gasteiger partial charge in [-0.15, -0.1) is 0 Å². The Labute approximate surface area is 111 Å². The molecule has 18 heavy (non-hydrogen) atoms. The highest BCUT2D eigenvalue weighted by molar-refractivity contribution is 6.30. The highest BCUT2D eigenvalue weighted by Gasteiger charge is 2.24. The van der Waals surface area contributed by atoms with Crippen molar-refractivity contribution in [2.75, 3.05) is 20.3 Å². The average Bonchev–Trinajstić information content (AvgIpc) is 2.38. The van der Waals surface area contributed by atoms with Crippen molar-refractivity contribution in [2.24, 2.45) is 0 Å². The van der Waals surface area contributed by atoms with E-state index in [2.05, 4.69) is 0 Å². The van der Waals surface area contributed by atoms with Crippen molar-refractivity contribution in [2.45, 2.75) is 18.9 Å². The molecule has 1 N–H and O–H groups in total. The summed E-state index contributed by atoms with van der Waals surface area (Å²) >= 11 is 5.75. The lowest BCUT2D eigenvalue weighted by Gasteiger charge is -2.31. The van der Waals surface area contributed by atoms with Gasteiger partial charge in [-0.3, -0.25) is 4.79 Å². The lowest BCUT2D eigenvalue weighted by molar-refractivity contribution is 0.0360. The van der Waals surface area contributed by atoms with Gasteiger partial charge < -0.3 is 14.7 Å². The van der Waals surface area contributed by atoms with Gasteiger partial charge in [-0.2, -0.15) is 0 Å². The molecule has 1 aromatic rings. The van der Waals surface area contributed by atoms with Gasteiger partial charge in [0, 0.05) is 31.3 Å². The van der Waals surface area contributed by atoms with Crippen molar-refractivity contribution in [1.82, 2.24) is 4.90 Å². The maximum Gasteiger partial charge on any atom is 0.257 e. The Balaban J connectivity index is 2.14. The largest absolute Gasteiger partial charge is 0.507 e. The van der Waals surface area contributed by atoms with E-state index in [-0.39, 0.29) is 23.3 Å². The van der Waals surface area contributed by atoms with Crippen molar-refractivity contribution >= 4 is 17.5 Å². The maximum absolute atomic E-state index is 12.3. The molecule has 1 amide bonds. The lowest BCUT2D eigenvalue weighted by Crippen LogP contribution is -2.40. The number of halogens is 1. The number of nitrogens with zero attached hydrogens (tertiary/aromatic N) is 1. The third-order valence-electron chi connectivity index (χ3n) is 3.25. The number of phenols is 1. The van der Waals surface area contributed by atoms with Crippen LogP contribution in [0, 0.1) is 0 Å². The normalized spacial score (nSPS) is 16.6. The predicted molar refractivity (Wildman–Crippen MR) is 69.1 cm³/mol. The average molecular weight is 270 g/mol. The summed E-state index contributed by atoms with van der Waals surface area (Å²) in [7, 11) is 1.76. The van der Waals surface area contributed by atoms with Gasteiger partial charge in [-0.1, -0.05) is 11.6 Å². The smallest absolute Gasteiger partial charge is 0.257 e.